The number of carbonyl (C=O) groups is 1. The molecule has 4 rings (SSSR count). The van der Waals surface area contributed by atoms with Gasteiger partial charge in [-0.15, -0.1) is 0 Å². The molecule has 7 nitrogen and oxygen atoms in total. The van der Waals surface area contributed by atoms with E-state index >= 15 is 0 Å². The highest BCUT2D eigenvalue weighted by molar-refractivity contribution is 5.95. The number of alkyl halides is 3. The quantitative estimate of drug-likeness (QED) is 0.639. The van der Waals surface area contributed by atoms with Crippen molar-refractivity contribution in [2.75, 3.05) is 81.3 Å². The lowest BCUT2D eigenvalue weighted by molar-refractivity contribution is -0.137. The van der Waals surface area contributed by atoms with Crippen LogP contribution in [0.4, 0.5) is 30.2 Å². The van der Waals surface area contributed by atoms with Crippen molar-refractivity contribution in [3.8, 4) is 0 Å². The lowest BCUT2D eigenvalue weighted by atomic mass is 10.1. The summed E-state index contributed by atoms with van der Waals surface area (Å²) in [6.45, 7) is 5.83. The van der Waals surface area contributed by atoms with E-state index in [1.54, 1.807) is 0 Å². The number of morpholine rings is 2. The Bertz CT molecular complexity index is 988. The van der Waals surface area contributed by atoms with E-state index in [0.29, 0.717) is 38.5 Å². The Kier molecular flexibility index (Phi) is 8.15. The van der Waals surface area contributed by atoms with Crippen LogP contribution in [0.3, 0.4) is 0 Å². The fraction of sp³-hybridized carbons (Fsp3) is 0.480. The van der Waals surface area contributed by atoms with Crippen molar-refractivity contribution in [3.05, 3.63) is 53.6 Å². The number of carbonyl (C=O) groups excluding carboxylic acids is 1. The summed E-state index contributed by atoms with van der Waals surface area (Å²) in [5, 5.41) is 2.71. The molecule has 0 unspecified atom stereocenters. The summed E-state index contributed by atoms with van der Waals surface area (Å²) in [5.74, 6) is -0.369. The van der Waals surface area contributed by atoms with Gasteiger partial charge in [-0.1, -0.05) is 12.1 Å². The molecule has 2 aliphatic heterocycles. The first-order valence-electron chi connectivity index (χ1n) is 11.7. The first kappa shape index (κ1) is 25.3. The van der Waals surface area contributed by atoms with E-state index < -0.39 is 11.7 Å². The van der Waals surface area contributed by atoms with E-state index in [1.165, 1.54) is 6.07 Å². The average Bonchev–Trinajstić information content (AvgIpc) is 2.85. The van der Waals surface area contributed by atoms with E-state index in [0.717, 1.165) is 49.7 Å². The second-order valence-corrected chi connectivity index (χ2v) is 8.82. The lowest BCUT2D eigenvalue weighted by Gasteiger charge is -2.31. The van der Waals surface area contributed by atoms with Gasteiger partial charge < -0.3 is 24.6 Å². The minimum absolute atomic E-state index is 0.0456. The number of anilines is 3. The molecule has 10 heteroatoms. The van der Waals surface area contributed by atoms with Gasteiger partial charge in [0.15, 0.2) is 0 Å². The number of amides is 1. The molecule has 0 atom stereocenters. The predicted octanol–water partition coefficient (Wildman–Crippen LogP) is 3.45. The van der Waals surface area contributed by atoms with Gasteiger partial charge in [-0.3, -0.25) is 9.69 Å². The van der Waals surface area contributed by atoms with E-state index in [1.807, 2.05) is 29.0 Å². The van der Waals surface area contributed by atoms with Crippen molar-refractivity contribution in [1.82, 2.24) is 4.90 Å². The Balaban J connectivity index is 1.38. The maximum atomic E-state index is 13.3. The van der Waals surface area contributed by atoms with Crippen LogP contribution < -0.4 is 15.1 Å². The van der Waals surface area contributed by atoms with E-state index in [2.05, 4.69) is 22.3 Å². The number of halogens is 3. The van der Waals surface area contributed by atoms with Crippen LogP contribution in [0.1, 0.15) is 11.1 Å². The van der Waals surface area contributed by atoms with Gasteiger partial charge >= 0.3 is 6.18 Å². The average molecular weight is 493 g/mol. The summed E-state index contributed by atoms with van der Waals surface area (Å²) >= 11 is 0. The van der Waals surface area contributed by atoms with Crippen molar-refractivity contribution < 1.29 is 27.4 Å². The second kappa shape index (κ2) is 11.3. The van der Waals surface area contributed by atoms with Gasteiger partial charge in [0.1, 0.15) is 0 Å². The standard InChI is InChI=1S/C25H31F3N4O3/c1-30(17-19-2-5-21(6-3-19)31-8-12-34-13-9-31)18-24(33)29-22-16-20(25(26,27)28)4-7-23(22)32-10-14-35-15-11-32/h2-7,16H,8-15,17-18H2,1H3,(H,29,33). The van der Waals surface area contributed by atoms with Crippen LogP contribution in [-0.2, 0) is 27.0 Å². The Morgan fingerprint density at radius 2 is 1.54 bits per heavy atom. The van der Waals surface area contributed by atoms with E-state index in [-0.39, 0.29) is 18.1 Å². The number of rotatable bonds is 7. The van der Waals surface area contributed by atoms with Crippen LogP contribution in [0, 0.1) is 0 Å². The molecule has 0 aromatic heterocycles. The number of nitrogens with zero attached hydrogens (tertiary/aromatic N) is 3. The van der Waals surface area contributed by atoms with Crippen molar-refractivity contribution in [3.63, 3.8) is 0 Å². The highest BCUT2D eigenvalue weighted by Gasteiger charge is 2.32. The van der Waals surface area contributed by atoms with Gasteiger partial charge in [-0.25, -0.2) is 0 Å². The molecule has 2 saturated heterocycles. The van der Waals surface area contributed by atoms with Crippen LogP contribution in [0.2, 0.25) is 0 Å². The molecule has 0 radical (unpaired) electrons. The molecule has 0 spiro atoms. The maximum Gasteiger partial charge on any atom is 0.416 e. The summed E-state index contributed by atoms with van der Waals surface area (Å²) < 4.78 is 50.7. The molecule has 2 aromatic rings. The fourth-order valence-corrected chi connectivity index (χ4v) is 4.33. The number of benzene rings is 2. The van der Waals surface area contributed by atoms with E-state index in [9.17, 15) is 18.0 Å². The summed E-state index contributed by atoms with van der Waals surface area (Å²) in [6.07, 6.45) is -4.49. The van der Waals surface area contributed by atoms with Gasteiger partial charge in [-0.05, 0) is 42.9 Å². The topological polar surface area (TPSA) is 57.3 Å². The summed E-state index contributed by atoms with van der Waals surface area (Å²) in [5.41, 5.74) is 2.12. The minimum atomic E-state index is -4.49. The third kappa shape index (κ3) is 6.87. The summed E-state index contributed by atoms with van der Waals surface area (Å²) in [7, 11) is 1.81. The summed E-state index contributed by atoms with van der Waals surface area (Å²) in [4.78, 5) is 18.8. The smallest absolute Gasteiger partial charge is 0.378 e. The Morgan fingerprint density at radius 3 is 2.14 bits per heavy atom. The molecule has 190 valence electrons. The number of likely N-dealkylation sites (N-methyl/N-ethyl adjacent to an activating group) is 1. The van der Waals surface area contributed by atoms with Gasteiger partial charge in [-0.2, -0.15) is 13.2 Å². The normalized spacial score (nSPS) is 17.1. The van der Waals surface area contributed by atoms with Crippen LogP contribution in [0.5, 0.6) is 0 Å². The fourth-order valence-electron chi connectivity index (χ4n) is 4.33. The van der Waals surface area contributed by atoms with Crippen molar-refractivity contribution >= 4 is 23.0 Å². The molecule has 35 heavy (non-hydrogen) atoms. The van der Waals surface area contributed by atoms with Crippen LogP contribution >= 0.6 is 0 Å². The largest absolute Gasteiger partial charge is 0.416 e. The SMILES string of the molecule is CN(CC(=O)Nc1cc(C(F)(F)F)ccc1N1CCOCC1)Cc1ccc(N2CCOCC2)cc1. The molecule has 0 saturated carbocycles. The number of nitrogens with one attached hydrogen (secondary N) is 1. The zero-order valence-electron chi connectivity index (χ0n) is 19.8. The highest BCUT2D eigenvalue weighted by Crippen LogP contribution is 2.35. The first-order valence-corrected chi connectivity index (χ1v) is 11.7. The molecule has 2 aromatic carbocycles. The molecule has 0 aliphatic carbocycles. The third-order valence-corrected chi connectivity index (χ3v) is 6.13. The molecule has 1 amide bonds. The van der Waals surface area contributed by atoms with Gasteiger partial charge in [0.05, 0.1) is 49.9 Å². The third-order valence-electron chi connectivity index (χ3n) is 6.13. The molecule has 2 aliphatic rings. The second-order valence-electron chi connectivity index (χ2n) is 8.82. The Hall–Kier alpha value is -2.82. The van der Waals surface area contributed by atoms with Crippen molar-refractivity contribution in [1.29, 1.82) is 0 Å². The Morgan fingerprint density at radius 1 is 0.943 bits per heavy atom. The summed E-state index contributed by atoms with van der Waals surface area (Å²) in [6, 6.07) is 11.7. The van der Waals surface area contributed by atoms with Crippen LogP contribution in [-0.4, -0.2) is 77.0 Å². The van der Waals surface area contributed by atoms with Gasteiger partial charge in [0.25, 0.3) is 0 Å². The van der Waals surface area contributed by atoms with Gasteiger partial charge in [0.2, 0.25) is 5.91 Å². The van der Waals surface area contributed by atoms with Crippen molar-refractivity contribution in [2.24, 2.45) is 0 Å². The van der Waals surface area contributed by atoms with Gasteiger partial charge in [0, 0.05) is 38.4 Å². The van der Waals surface area contributed by atoms with Crippen molar-refractivity contribution in [2.45, 2.75) is 12.7 Å². The number of hydrogen-bond donors (Lipinski definition) is 1. The highest BCUT2D eigenvalue weighted by atomic mass is 19.4. The first-order chi connectivity index (χ1) is 16.8. The molecule has 1 N–H and O–H groups in total. The molecule has 2 fully saturated rings. The minimum Gasteiger partial charge on any atom is -0.378 e. The van der Waals surface area contributed by atoms with Crippen LogP contribution in [0.15, 0.2) is 42.5 Å². The maximum absolute atomic E-state index is 13.3. The van der Waals surface area contributed by atoms with E-state index in [4.69, 9.17) is 9.47 Å². The molecular formula is C25H31F3N4O3. The lowest BCUT2D eigenvalue weighted by Crippen LogP contribution is -2.37. The monoisotopic (exact) mass is 492 g/mol. The molecular weight excluding hydrogens is 461 g/mol. The molecule has 2 heterocycles. The predicted molar refractivity (Wildman–Crippen MR) is 129 cm³/mol. The zero-order chi connectivity index (χ0) is 24.8. The Labute approximate surface area is 203 Å². The molecule has 0 bridgehead atoms. The number of hydrogen-bond acceptors (Lipinski definition) is 6. The number of ether oxygens (including phenoxy) is 2. The zero-order valence-corrected chi connectivity index (χ0v) is 19.8. The van der Waals surface area contributed by atoms with Crippen LogP contribution in [0.25, 0.3) is 0 Å².